The molecule has 0 bridgehead atoms. The van der Waals surface area contributed by atoms with Crippen molar-refractivity contribution in [3.05, 3.63) is 182 Å². The van der Waals surface area contributed by atoms with Gasteiger partial charge in [-0.25, -0.2) is 15.0 Å². The van der Waals surface area contributed by atoms with E-state index < -0.39 is 0 Å². The fourth-order valence-corrected chi connectivity index (χ4v) is 7.92. The summed E-state index contributed by atoms with van der Waals surface area (Å²) in [6.07, 6.45) is 3.66. The lowest BCUT2D eigenvalue weighted by atomic mass is 9.94. The van der Waals surface area contributed by atoms with E-state index in [-0.39, 0.29) is 0 Å². The van der Waals surface area contributed by atoms with Crippen LogP contribution in [0.5, 0.6) is 0 Å². The van der Waals surface area contributed by atoms with Crippen LogP contribution in [0.1, 0.15) is 5.56 Å². The summed E-state index contributed by atoms with van der Waals surface area (Å²) in [6, 6.07) is 56.3. The summed E-state index contributed by atoms with van der Waals surface area (Å²) in [5.74, 6) is 1.77. The Kier molecular flexibility index (Phi) is 7.60. The lowest BCUT2D eigenvalue weighted by molar-refractivity contribution is 0.668. The van der Waals surface area contributed by atoms with Gasteiger partial charge < -0.3 is 8.83 Å². The molecule has 0 atom stereocenters. The fourth-order valence-electron chi connectivity index (χ4n) is 7.92. The molecule has 0 N–H and O–H groups in total. The molecule has 0 saturated heterocycles. The van der Waals surface area contributed by atoms with E-state index in [9.17, 15) is 0 Å². The minimum absolute atomic E-state index is 0.576. The molecule has 268 valence electrons. The molecule has 0 aliphatic carbocycles. The molecule has 57 heavy (non-hydrogen) atoms. The number of rotatable bonds is 6. The van der Waals surface area contributed by atoms with E-state index in [0.29, 0.717) is 17.5 Å². The maximum Gasteiger partial charge on any atom is 0.164 e. The number of benzene rings is 7. The molecule has 0 spiro atoms. The highest BCUT2D eigenvalue weighted by Gasteiger charge is 2.19. The van der Waals surface area contributed by atoms with Gasteiger partial charge in [-0.3, -0.25) is 4.98 Å². The molecule has 6 nitrogen and oxygen atoms in total. The average molecular weight is 733 g/mol. The van der Waals surface area contributed by atoms with Crippen LogP contribution < -0.4 is 0 Å². The Morgan fingerprint density at radius 1 is 0.351 bits per heavy atom. The summed E-state index contributed by atoms with van der Waals surface area (Å²) in [7, 11) is 0. The Labute approximate surface area is 327 Å². The molecule has 7 aromatic carbocycles. The Hall–Kier alpha value is -7.70. The van der Waals surface area contributed by atoms with Crippen LogP contribution in [-0.4, -0.2) is 19.9 Å². The van der Waals surface area contributed by atoms with Crippen molar-refractivity contribution in [2.24, 2.45) is 0 Å². The molecular formula is C51H32N4O2. The van der Waals surface area contributed by atoms with Gasteiger partial charge in [0, 0.05) is 56.2 Å². The number of furan rings is 2. The van der Waals surface area contributed by atoms with Crippen molar-refractivity contribution in [3.8, 4) is 67.5 Å². The zero-order valence-corrected chi connectivity index (χ0v) is 30.8. The Morgan fingerprint density at radius 2 is 0.860 bits per heavy atom. The van der Waals surface area contributed by atoms with Crippen LogP contribution in [0.15, 0.2) is 185 Å². The van der Waals surface area contributed by atoms with Crippen molar-refractivity contribution in [2.75, 3.05) is 0 Å². The highest BCUT2D eigenvalue weighted by molar-refractivity contribution is 6.07. The second-order valence-corrected chi connectivity index (χ2v) is 14.3. The molecule has 4 heterocycles. The summed E-state index contributed by atoms with van der Waals surface area (Å²) >= 11 is 0. The first-order valence-electron chi connectivity index (χ1n) is 18.9. The van der Waals surface area contributed by atoms with Crippen molar-refractivity contribution in [2.45, 2.75) is 6.92 Å². The molecule has 11 aromatic rings. The van der Waals surface area contributed by atoms with Crippen molar-refractivity contribution >= 4 is 43.9 Å². The second kappa shape index (κ2) is 13.3. The maximum atomic E-state index is 6.22. The van der Waals surface area contributed by atoms with E-state index in [0.717, 1.165) is 99.5 Å². The summed E-state index contributed by atoms with van der Waals surface area (Å²) in [5.41, 5.74) is 13.4. The number of fused-ring (bicyclic) bond motifs is 6. The largest absolute Gasteiger partial charge is 0.456 e. The van der Waals surface area contributed by atoms with Crippen molar-refractivity contribution < 1.29 is 8.83 Å². The standard InChI is InChI=1S/C51H32N4O2/c1-31-11-2-3-13-38(31)50-53-49(54-51(55-50)42-17-5-4-14-39(42)34-12-10-24-52-30-34)37-26-35(32-20-22-47-43(28-32)40-15-6-8-18-45(40)56-47)25-36(27-37)33-21-23-48-44(29-33)41-16-7-9-19-46(41)57-48/h2-30H,1H3. The Balaban J connectivity index is 1.16. The number of hydrogen-bond acceptors (Lipinski definition) is 6. The predicted octanol–water partition coefficient (Wildman–Crippen LogP) is 13.4. The molecule has 4 aromatic heterocycles. The molecule has 0 aliphatic heterocycles. The average Bonchev–Trinajstić information content (AvgIpc) is 3.84. The van der Waals surface area contributed by atoms with Gasteiger partial charge in [0.1, 0.15) is 22.3 Å². The first-order chi connectivity index (χ1) is 28.1. The summed E-state index contributed by atoms with van der Waals surface area (Å²) in [4.78, 5) is 20.1. The lowest BCUT2D eigenvalue weighted by Gasteiger charge is -2.14. The van der Waals surface area contributed by atoms with Crippen molar-refractivity contribution in [1.29, 1.82) is 0 Å². The topological polar surface area (TPSA) is 77.8 Å². The van der Waals surface area contributed by atoms with Crippen LogP contribution in [0.25, 0.3) is 111 Å². The van der Waals surface area contributed by atoms with Gasteiger partial charge in [0.2, 0.25) is 0 Å². The molecule has 0 unspecified atom stereocenters. The van der Waals surface area contributed by atoms with Gasteiger partial charge >= 0.3 is 0 Å². The van der Waals surface area contributed by atoms with Gasteiger partial charge in [0.05, 0.1) is 0 Å². The third kappa shape index (κ3) is 5.74. The number of nitrogens with zero attached hydrogens (tertiary/aromatic N) is 4. The van der Waals surface area contributed by atoms with E-state index in [2.05, 4.69) is 121 Å². The van der Waals surface area contributed by atoms with Gasteiger partial charge in [-0.05, 0) is 101 Å². The number of hydrogen-bond donors (Lipinski definition) is 0. The Morgan fingerprint density at radius 3 is 1.47 bits per heavy atom. The summed E-state index contributed by atoms with van der Waals surface area (Å²) in [5, 5.41) is 4.30. The quantitative estimate of drug-likeness (QED) is 0.169. The smallest absolute Gasteiger partial charge is 0.164 e. The normalized spacial score (nSPS) is 11.6. The second-order valence-electron chi connectivity index (χ2n) is 14.3. The highest BCUT2D eigenvalue weighted by atomic mass is 16.3. The van der Waals surface area contributed by atoms with E-state index in [1.54, 1.807) is 6.20 Å². The zero-order valence-electron chi connectivity index (χ0n) is 30.8. The number of aromatic nitrogens is 4. The van der Waals surface area contributed by atoms with E-state index in [1.165, 1.54) is 0 Å². The van der Waals surface area contributed by atoms with Crippen molar-refractivity contribution in [1.82, 2.24) is 19.9 Å². The predicted molar refractivity (Wildman–Crippen MR) is 230 cm³/mol. The van der Waals surface area contributed by atoms with Crippen LogP contribution in [-0.2, 0) is 0 Å². The molecule has 0 amide bonds. The molecule has 11 rings (SSSR count). The zero-order chi connectivity index (χ0) is 37.9. The molecule has 0 radical (unpaired) electrons. The van der Waals surface area contributed by atoms with Crippen LogP contribution in [0, 0.1) is 6.92 Å². The van der Waals surface area contributed by atoms with Crippen LogP contribution >= 0.6 is 0 Å². The number of pyridine rings is 1. The summed E-state index contributed by atoms with van der Waals surface area (Å²) < 4.78 is 12.4. The molecular weight excluding hydrogens is 701 g/mol. The monoisotopic (exact) mass is 732 g/mol. The van der Waals surface area contributed by atoms with E-state index >= 15 is 0 Å². The van der Waals surface area contributed by atoms with Gasteiger partial charge in [0.15, 0.2) is 17.5 Å². The van der Waals surface area contributed by atoms with Crippen LogP contribution in [0.2, 0.25) is 0 Å². The number of para-hydroxylation sites is 2. The van der Waals surface area contributed by atoms with Crippen LogP contribution in [0.3, 0.4) is 0 Å². The highest BCUT2D eigenvalue weighted by Crippen LogP contribution is 2.39. The van der Waals surface area contributed by atoms with Gasteiger partial charge in [-0.15, -0.1) is 0 Å². The van der Waals surface area contributed by atoms with E-state index in [4.69, 9.17) is 23.8 Å². The van der Waals surface area contributed by atoms with Crippen LogP contribution in [0.4, 0.5) is 0 Å². The summed E-state index contributed by atoms with van der Waals surface area (Å²) in [6.45, 7) is 2.09. The SMILES string of the molecule is Cc1ccccc1-c1nc(-c2cc(-c3ccc4oc5ccccc5c4c3)cc(-c3ccc4oc5ccccc5c4c3)c2)nc(-c2ccccc2-c2cccnc2)n1. The van der Waals surface area contributed by atoms with Gasteiger partial charge in [-0.1, -0.05) is 103 Å². The molecule has 6 heteroatoms. The molecule has 0 saturated carbocycles. The van der Waals surface area contributed by atoms with Crippen molar-refractivity contribution in [3.63, 3.8) is 0 Å². The third-order valence-electron chi connectivity index (χ3n) is 10.8. The molecule has 0 aliphatic rings. The third-order valence-corrected chi connectivity index (χ3v) is 10.8. The Bertz CT molecular complexity index is 3190. The molecule has 0 fully saturated rings. The minimum Gasteiger partial charge on any atom is -0.456 e. The first-order valence-corrected chi connectivity index (χ1v) is 18.9. The number of aryl methyl sites for hydroxylation is 1. The van der Waals surface area contributed by atoms with Gasteiger partial charge in [-0.2, -0.15) is 0 Å². The lowest BCUT2D eigenvalue weighted by Crippen LogP contribution is -2.02. The van der Waals surface area contributed by atoms with E-state index in [1.807, 2.05) is 60.8 Å². The fraction of sp³-hybridized carbons (Fsp3) is 0.0196. The first kappa shape index (κ1) is 32.7. The maximum absolute atomic E-state index is 6.22. The van der Waals surface area contributed by atoms with Gasteiger partial charge in [0.25, 0.3) is 0 Å². The minimum atomic E-state index is 0.576.